The number of rotatable bonds is 15. The van der Waals surface area contributed by atoms with Crippen molar-refractivity contribution >= 4 is 21.7 Å². The van der Waals surface area contributed by atoms with Gasteiger partial charge in [-0.15, -0.1) is 11.3 Å². The topological polar surface area (TPSA) is 119 Å². The molecule has 1 unspecified atom stereocenters. The fourth-order valence-electron chi connectivity index (χ4n) is 2.02. The van der Waals surface area contributed by atoms with E-state index in [1.807, 2.05) is 10.8 Å². The third kappa shape index (κ3) is 10.2. The summed E-state index contributed by atoms with van der Waals surface area (Å²) in [5.41, 5.74) is 0. The van der Waals surface area contributed by atoms with Crippen molar-refractivity contribution in [3.8, 4) is 11.5 Å². The smallest absolute Gasteiger partial charge is 0.397 e. The highest BCUT2D eigenvalue weighted by Crippen LogP contribution is 2.35. The lowest BCUT2D eigenvalue weighted by Crippen LogP contribution is -2.33. The molecular weight excluding hydrogens is 404 g/mol. The Labute approximate surface area is 162 Å². The van der Waals surface area contributed by atoms with Crippen LogP contribution in [0, 0.1) is 0 Å². The van der Waals surface area contributed by atoms with Crippen LogP contribution in [-0.4, -0.2) is 85.1 Å². The SMILES string of the molecule is O=S(=O)(O)OCCOCCOCCOCCOCC1COc2cscc2O1. The maximum atomic E-state index is 10.3. The second-order valence-corrected chi connectivity index (χ2v) is 7.15. The van der Waals surface area contributed by atoms with Crippen LogP contribution in [0.4, 0.5) is 0 Å². The summed E-state index contributed by atoms with van der Waals surface area (Å²) in [4.78, 5) is 0. The lowest BCUT2D eigenvalue weighted by atomic mass is 10.3. The first kappa shape index (κ1) is 22.3. The maximum absolute atomic E-state index is 10.3. The second-order valence-electron chi connectivity index (χ2n) is 5.31. The van der Waals surface area contributed by atoms with Gasteiger partial charge in [0.25, 0.3) is 0 Å². The minimum atomic E-state index is -4.41. The van der Waals surface area contributed by atoms with Gasteiger partial charge in [0.1, 0.15) is 6.61 Å². The highest BCUT2D eigenvalue weighted by atomic mass is 32.3. The molecule has 1 aromatic heterocycles. The fourth-order valence-corrected chi connectivity index (χ4v) is 2.97. The molecule has 1 N–H and O–H groups in total. The van der Waals surface area contributed by atoms with Crippen molar-refractivity contribution in [3.05, 3.63) is 10.8 Å². The molecule has 1 aliphatic rings. The molecule has 1 aromatic rings. The van der Waals surface area contributed by atoms with Gasteiger partial charge in [-0.2, -0.15) is 8.42 Å². The van der Waals surface area contributed by atoms with E-state index in [9.17, 15) is 8.42 Å². The largest absolute Gasteiger partial charge is 0.485 e. The maximum Gasteiger partial charge on any atom is 0.397 e. The number of ether oxygens (including phenoxy) is 6. The van der Waals surface area contributed by atoms with Gasteiger partial charge >= 0.3 is 10.4 Å². The predicted octanol–water partition coefficient (Wildman–Crippen LogP) is 0.774. The summed E-state index contributed by atoms with van der Waals surface area (Å²) in [7, 11) is -4.41. The van der Waals surface area contributed by atoms with Gasteiger partial charge in [-0.25, -0.2) is 4.18 Å². The van der Waals surface area contributed by atoms with Crippen molar-refractivity contribution in [2.45, 2.75) is 6.10 Å². The van der Waals surface area contributed by atoms with Crippen LogP contribution in [-0.2, 0) is 33.5 Å². The van der Waals surface area contributed by atoms with Crippen molar-refractivity contribution in [3.63, 3.8) is 0 Å². The van der Waals surface area contributed by atoms with E-state index >= 15 is 0 Å². The molecular formula is C15H24O10S2. The molecule has 1 atom stereocenters. The van der Waals surface area contributed by atoms with E-state index in [1.165, 1.54) is 11.3 Å². The molecule has 2 rings (SSSR count). The van der Waals surface area contributed by atoms with Crippen LogP contribution in [0.5, 0.6) is 11.5 Å². The van der Waals surface area contributed by atoms with Crippen LogP contribution in [0.1, 0.15) is 0 Å². The quantitative estimate of drug-likeness (QED) is 0.317. The molecule has 0 spiro atoms. The molecule has 0 saturated heterocycles. The van der Waals surface area contributed by atoms with Crippen molar-refractivity contribution < 1.29 is 45.6 Å². The number of hydrogen-bond acceptors (Lipinski definition) is 10. The van der Waals surface area contributed by atoms with Crippen LogP contribution < -0.4 is 9.47 Å². The lowest BCUT2D eigenvalue weighted by Gasteiger charge is -2.24. The van der Waals surface area contributed by atoms with E-state index in [2.05, 4.69) is 4.18 Å². The van der Waals surface area contributed by atoms with Crippen molar-refractivity contribution in [2.75, 3.05) is 66.1 Å². The first-order chi connectivity index (χ1) is 13.0. The van der Waals surface area contributed by atoms with Crippen molar-refractivity contribution in [2.24, 2.45) is 0 Å². The summed E-state index contributed by atoms with van der Waals surface area (Å²) in [6.45, 7) is 3.08. The molecule has 10 nitrogen and oxygen atoms in total. The Morgan fingerprint density at radius 1 is 0.926 bits per heavy atom. The number of hydrogen-bond donors (Lipinski definition) is 1. The van der Waals surface area contributed by atoms with E-state index in [1.54, 1.807) is 0 Å². The Morgan fingerprint density at radius 2 is 1.48 bits per heavy atom. The molecule has 1 aliphatic heterocycles. The minimum Gasteiger partial charge on any atom is -0.485 e. The van der Waals surface area contributed by atoms with Crippen molar-refractivity contribution in [1.82, 2.24) is 0 Å². The van der Waals surface area contributed by atoms with E-state index in [-0.39, 0.29) is 25.9 Å². The minimum absolute atomic E-state index is 0.0421. The Kier molecular flexibility index (Phi) is 10.3. The Hall–Kier alpha value is -0.990. The molecule has 0 amide bonds. The third-order valence-electron chi connectivity index (χ3n) is 3.19. The molecule has 12 heteroatoms. The van der Waals surface area contributed by atoms with E-state index in [0.717, 1.165) is 11.5 Å². The molecule has 156 valence electrons. The number of thiophene rings is 1. The van der Waals surface area contributed by atoms with E-state index in [0.29, 0.717) is 46.2 Å². The Balaban J connectivity index is 1.31. The van der Waals surface area contributed by atoms with Crippen LogP contribution in [0.15, 0.2) is 10.8 Å². The van der Waals surface area contributed by atoms with Crippen molar-refractivity contribution in [1.29, 1.82) is 0 Å². The van der Waals surface area contributed by atoms with Gasteiger partial charge in [0.2, 0.25) is 0 Å². The van der Waals surface area contributed by atoms with E-state index in [4.69, 9.17) is 33.0 Å². The molecule has 0 bridgehead atoms. The van der Waals surface area contributed by atoms with Gasteiger partial charge in [0.15, 0.2) is 17.6 Å². The first-order valence-corrected chi connectivity index (χ1v) is 10.6. The summed E-state index contributed by atoms with van der Waals surface area (Å²) in [6, 6.07) is 0. The lowest BCUT2D eigenvalue weighted by molar-refractivity contribution is -0.0253. The highest BCUT2D eigenvalue weighted by Gasteiger charge is 2.21. The monoisotopic (exact) mass is 428 g/mol. The average Bonchev–Trinajstić information content (AvgIpc) is 3.09. The predicted molar refractivity (Wildman–Crippen MR) is 95.0 cm³/mol. The summed E-state index contributed by atoms with van der Waals surface area (Å²) in [5, 5.41) is 3.82. The normalized spacial score (nSPS) is 16.6. The van der Waals surface area contributed by atoms with Crippen LogP contribution in [0.2, 0.25) is 0 Å². The van der Waals surface area contributed by atoms with Gasteiger partial charge in [-0.3, -0.25) is 4.55 Å². The second kappa shape index (κ2) is 12.5. The molecule has 27 heavy (non-hydrogen) atoms. The summed E-state index contributed by atoms with van der Waals surface area (Å²) in [6.07, 6.45) is -0.113. The molecule has 2 heterocycles. The summed E-state index contributed by atoms with van der Waals surface area (Å²) < 4.78 is 65.4. The standard InChI is InChI=1S/C15H24O10S2/c16-27(17,18)24-8-7-21-4-3-19-1-2-20-5-6-22-9-13-10-23-14-11-26-12-15(14)25-13/h11-13H,1-10H2,(H,16,17,18). The molecule has 0 aromatic carbocycles. The Bertz CT molecular complexity index is 618. The summed E-state index contributed by atoms with van der Waals surface area (Å²) >= 11 is 1.54. The average molecular weight is 428 g/mol. The Morgan fingerprint density at radius 3 is 2.11 bits per heavy atom. The zero-order valence-electron chi connectivity index (χ0n) is 14.7. The van der Waals surface area contributed by atoms with Crippen LogP contribution in [0.25, 0.3) is 0 Å². The zero-order valence-corrected chi connectivity index (χ0v) is 16.4. The van der Waals surface area contributed by atoms with Crippen LogP contribution >= 0.6 is 11.3 Å². The van der Waals surface area contributed by atoms with Crippen LogP contribution in [0.3, 0.4) is 0 Å². The zero-order chi connectivity index (χ0) is 19.4. The fraction of sp³-hybridized carbons (Fsp3) is 0.733. The number of fused-ring (bicyclic) bond motifs is 1. The van der Waals surface area contributed by atoms with Gasteiger partial charge < -0.3 is 28.4 Å². The van der Waals surface area contributed by atoms with Gasteiger partial charge in [0, 0.05) is 10.8 Å². The van der Waals surface area contributed by atoms with Gasteiger partial charge in [0.05, 0.1) is 59.5 Å². The first-order valence-electron chi connectivity index (χ1n) is 8.33. The third-order valence-corrected chi connectivity index (χ3v) is 4.36. The summed E-state index contributed by atoms with van der Waals surface area (Å²) in [5.74, 6) is 1.56. The molecule has 0 aliphatic carbocycles. The molecule has 0 fully saturated rings. The van der Waals surface area contributed by atoms with Gasteiger partial charge in [-0.05, 0) is 0 Å². The van der Waals surface area contributed by atoms with Gasteiger partial charge in [-0.1, -0.05) is 0 Å². The van der Waals surface area contributed by atoms with E-state index < -0.39 is 10.4 Å². The molecule has 0 saturated carbocycles. The highest BCUT2D eigenvalue weighted by molar-refractivity contribution is 7.80. The molecule has 0 radical (unpaired) electrons.